The highest BCUT2D eigenvalue weighted by atomic mass is 32.2. The third-order valence-electron chi connectivity index (χ3n) is 3.29. The summed E-state index contributed by atoms with van der Waals surface area (Å²) in [7, 11) is -2.11. The Morgan fingerprint density at radius 2 is 2.10 bits per heavy atom. The van der Waals surface area contributed by atoms with E-state index in [1.165, 1.54) is 7.11 Å². The number of carbonyl (C=O) groups excluding carboxylic acids is 1. The summed E-state index contributed by atoms with van der Waals surface area (Å²) in [6.07, 6.45) is 1.83. The van der Waals surface area contributed by atoms with E-state index in [1.54, 1.807) is 24.3 Å². The second-order valence-electron chi connectivity index (χ2n) is 4.93. The third kappa shape index (κ3) is 4.80. The van der Waals surface area contributed by atoms with Crippen molar-refractivity contribution < 1.29 is 22.7 Å². The minimum absolute atomic E-state index is 0.0264. The molecule has 2 rings (SSSR count). The van der Waals surface area contributed by atoms with Gasteiger partial charge in [0.1, 0.15) is 0 Å². The van der Waals surface area contributed by atoms with E-state index in [2.05, 4.69) is 9.46 Å². The van der Waals surface area contributed by atoms with Crippen molar-refractivity contribution >= 4 is 16.0 Å². The number of hydrogen-bond donors (Lipinski definition) is 1. The van der Waals surface area contributed by atoms with Crippen LogP contribution in [0.1, 0.15) is 28.8 Å². The van der Waals surface area contributed by atoms with Crippen molar-refractivity contribution in [2.24, 2.45) is 0 Å². The van der Waals surface area contributed by atoms with Gasteiger partial charge in [-0.25, -0.2) is 17.9 Å². The molecule has 6 nitrogen and oxygen atoms in total. The molecule has 1 heterocycles. The zero-order chi connectivity index (χ0) is 15.3. The number of methoxy groups -OCH3 is 1. The predicted molar refractivity (Wildman–Crippen MR) is 77.4 cm³/mol. The van der Waals surface area contributed by atoms with Gasteiger partial charge >= 0.3 is 5.97 Å². The Morgan fingerprint density at radius 1 is 1.38 bits per heavy atom. The van der Waals surface area contributed by atoms with E-state index in [0.717, 1.165) is 12.8 Å². The van der Waals surface area contributed by atoms with Gasteiger partial charge in [0.2, 0.25) is 10.0 Å². The number of esters is 1. The van der Waals surface area contributed by atoms with Crippen molar-refractivity contribution in [1.29, 1.82) is 0 Å². The van der Waals surface area contributed by atoms with Crippen molar-refractivity contribution in [2.45, 2.75) is 24.7 Å². The Bertz CT molecular complexity index is 576. The Labute approximate surface area is 124 Å². The standard InChI is InChI=1S/C14H19NO5S/c1-19-14(16)12-6-4-11(5-7-12)10-21(17,18)15-9-13-3-2-8-20-13/h4-7,13,15H,2-3,8-10H2,1H3/t13-/m1/s1. The first-order valence-electron chi connectivity index (χ1n) is 6.76. The van der Waals surface area contributed by atoms with Crippen LogP contribution in [0, 0.1) is 0 Å². The zero-order valence-electron chi connectivity index (χ0n) is 11.9. The lowest BCUT2D eigenvalue weighted by Gasteiger charge is -2.11. The molecule has 1 aliphatic heterocycles. The number of benzene rings is 1. The first-order chi connectivity index (χ1) is 10.00. The minimum atomic E-state index is -3.41. The van der Waals surface area contributed by atoms with E-state index in [-0.39, 0.29) is 11.9 Å². The molecular formula is C14H19NO5S. The van der Waals surface area contributed by atoms with Gasteiger partial charge in [-0.2, -0.15) is 0 Å². The highest BCUT2D eigenvalue weighted by Crippen LogP contribution is 2.12. The van der Waals surface area contributed by atoms with Gasteiger partial charge in [-0.05, 0) is 30.5 Å². The molecule has 1 aliphatic rings. The zero-order valence-corrected chi connectivity index (χ0v) is 12.7. The first kappa shape index (κ1) is 15.9. The SMILES string of the molecule is COC(=O)c1ccc(CS(=O)(=O)NC[C@H]2CCCO2)cc1. The Hall–Kier alpha value is -1.44. The predicted octanol–water partition coefficient (Wildman–Crippen LogP) is 1.07. The smallest absolute Gasteiger partial charge is 0.337 e. The Balaban J connectivity index is 1.91. The molecule has 0 unspecified atom stereocenters. The summed E-state index contributed by atoms with van der Waals surface area (Å²) >= 11 is 0. The lowest BCUT2D eigenvalue weighted by molar-refractivity contribution is 0.0600. The second-order valence-corrected chi connectivity index (χ2v) is 6.74. The molecule has 1 aromatic carbocycles. The lowest BCUT2D eigenvalue weighted by Crippen LogP contribution is -2.32. The molecule has 0 aromatic heterocycles. The second kappa shape index (κ2) is 7.02. The molecule has 1 saturated heterocycles. The fraction of sp³-hybridized carbons (Fsp3) is 0.500. The molecule has 0 radical (unpaired) electrons. The number of nitrogens with one attached hydrogen (secondary N) is 1. The van der Waals surface area contributed by atoms with Crippen molar-refractivity contribution in [3.8, 4) is 0 Å². The molecule has 7 heteroatoms. The molecule has 0 amide bonds. The van der Waals surface area contributed by atoms with Crippen molar-refractivity contribution in [1.82, 2.24) is 4.72 Å². The van der Waals surface area contributed by atoms with Gasteiger partial charge in [-0.3, -0.25) is 0 Å². The summed E-state index contributed by atoms with van der Waals surface area (Å²) in [6, 6.07) is 6.32. The molecule has 0 spiro atoms. The highest BCUT2D eigenvalue weighted by Gasteiger charge is 2.19. The van der Waals surface area contributed by atoms with Crippen LogP contribution in [-0.2, 0) is 25.2 Å². The summed E-state index contributed by atoms with van der Waals surface area (Å²) in [5.74, 6) is -0.567. The van der Waals surface area contributed by atoms with Crippen LogP contribution in [0.15, 0.2) is 24.3 Å². The molecule has 1 N–H and O–H groups in total. The van der Waals surface area contributed by atoms with Crippen LogP contribution in [-0.4, -0.2) is 40.8 Å². The van der Waals surface area contributed by atoms with E-state index in [0.29, 0.717) is 24.3 Å². The number of hydrogen-bond acceptors (Lipinski definition) is 5. The number of ether oxygens (including phenoxy) is 2. The van der Waals surface area contributed by atoms with Gasteiger partial charge in [0, 0.05) is 13.2 Å². The van der Waals surface area contributed by atoms with E-state index in [4.69, 9.17) is 4.74 Å². The number of sulfonamides is 1. The van der Waals surface area contributed by atoms with Crippen molar-refractivity contribution in [3.05, 3.63) is 35.4 Å². The molecule has 0 saturated carbocycles. The first-order valence-corrected chi connectivity index (χ1v) is 8.41. The largest absolute Gasteiger partial charge is 0.465 e. The summed E-state index contributed by atoms with van der Waals surface area (Å²) in [5, 5.41) is 0. The maximum Gasteiger partial charge on any atom is 0.337 e. The van der Waals surface area contributed by atoms with Gasteiger partial charge < -0.3 is 9.47 Å². The molecule has 0 bridgehead atoms. The molecule has 1 aromatic rings. The van der Waals surface area contributed by atoms with Crippen molar-refractivity contribution in [2.75, 3.05) is 20.3 Å². The summed E-state index contributed by atoms with van der Waals surface area (Å²) < 4.78 is 36.5. The van der Waals surface area contributed by atoms with Crippen LogP contribution in [0.4, 0.5) is 0 Å². The van der Waals surface area contributed by atoms with Crippen LogP contribution in [0.25, 0.3) is 0 Å². The van der Waals surface area contributed by atoms with E-state index in [1.807, 2.05) is 0 Å². The van der Waals surface area contributed by atoms with Gasteiger partial charge in [0.15, 0.2) is 0 Å². The van der Waals surface area contributed by atoms with Crippen LogP contribution in [0.5, 0.6) is 0 Å². The van der Waals surface area contributed by atoms with E-state index >= 15 is 0 Å². The number of rotatable bonds is 6. The fourth-order valence-corrected chi connectivity index (χ4v) is 3.32. The summed E-state index contributed by atoms with van der Waals surface area (Å²) in [5.41, 5.74) is 1.01. The fourth-order valence-electron chi connectivity index (χ4n) is 2.15. The normalized spacial score (nSPS) is 18.6. The Kier molecular flexibility index (Phi) is 5.33. The molecule has 1 atom stereocenters. The molecule has 21 heavy (non-hydrogen) atoms. The van der Waals surface area contributed by atoms with Crippen LogP contribution in [0.3, 0.4) is 0 Å². The van der Waals surface area contributed by atoms with E-state index < -0.39 is 16.0 Å². The van der Waals surface area contributed by atoms with Crippen LogP contribution in [0.2, 0.25) is 0 Å². The maximum atomic E-state index is 12.0. The molecule has 0 aliphatic carbocycles. The average molecular weight is 313 g/mol. The monoisotopic (exact) mass is 313 g/mol. The van der Waals surface area contributed by atoms with Gasteiger partial charge in [-0.15, -0.1) is 0 Å². The summed E-state index contributed by atoms with van der Waals surface area (Å²) in [4.78, 5) is 11.3. The third-order valence-corrected chi connectivity index (χ3v) is 4.61. The maximum absolute atomic E-state index is 12.0. The summed E-state index contributed by atoms with van der Waals surface area (Å²) in [6.45, 7) is 1.00. The molecular weight excluding hydrogens is 294 g/mol. The van der Waals surface area contributed by atoms with Crippen LogP contribution < -0.4 is 4.72 Å². The quantitative estimate of drug-likeness (QED) is 0.795. The topological polar surface area (TPSA) is 81.7 Å². The highest BCUT2D eigenvalue weighted by molar-refractivity contribution is 7.88. The number of carbonyl (C=O) groups is 1. The average Bonchev–Trinajstić information content (AvgIpc) is 2.98. The molecule has 116 valence electrons. The van der Waals surface area contributed by atoms with Gasteiger partial charge in [0.05, 0.1) is 24.5 Å². The Morgan fingerprint density at radius 3 is 2.67 bits per heavy atom. The molecule has 1 fully saturated rings. The van der Waals surface area contributed by atoms with Crippen LogP contribution >= 0.6 is 0 Å². The van der Waals surface area contributed by atoms with Gasteiger partial charge in [-0.1, -0.05) is 12.1 Å². The van der Waals surface area contributed by atoms with Crippen molar-refractivity contribution in [3.63, 3.8) is 0 Å². The van der Waals surface area contributed by atoms with E-state index in [9.17, 15) is 13.2 Å². The minimum Gasteiger partial charge on any atom is -0.465 e. The van der Waals surface area contributed by atoms with Gasteiger partial charge in [0.25, 0.3) is 0 Å². The lowest BCUT2D eigenvalue weighted by atomic mass is 10.1.